The van der Waals surface area contributed by atoms with Crippen molar-refractivity contribution in [3.05, 3.63) is 0 Å². The summed E-state index contributed by atoms with van der Waals surface area (Å²) in [5.74, 6) is -7.61. The van der Waals surface area contributed by atoms with Crippen molar-refractivity contribution in [3.63, 3.8) is 0 Å². The minimum Gasteiger partial charge on any atom is -0.481 e. The van der Waals surface area contributed by atoms with Gasteiger partial charge in [-0.1, -0.05) is 68.7 Å². The van der Waals surface area contributed by atoms with E-state index < -0.39 is 89.1 Å². The molecule has 0 aromatic rings. The third-order valence-electron chi connectivity index (χ3n) is 15.1. The van der Waals surface area contributed by atoms with Crippen LogP contribution in [-0.4, -0.2) is 122 Å². The Bertz CT molecular complexity index is 1370. The Balaban J connectivity index is 1.32. The quantitative estimate of drug-likeness (QED) is 0.151. The number of hydrogen-bond acceptors (Lipinski definition) is 12. The van der Waals surface area contributed by atoms with E-state index in [0.717, 1.165) is 6.42 Å². The molecule has 5 rings (SSSR count). The zero-order valence-electron chi connectivity index (χ0n) is 36.4. The van der Waals surface area contributed by atoms with Gasteiger partial charge in [0, 0.05) is 49.0 Å². The third-order valence-corrected chi connectivity index (χ3v) is 15.1. The maximum atomic E-state index is 12.0. The highest BCUT2D eigenvalue weighted by atomic mass is 16.7. The number of methoxy groups -OCH3 is 1. The first-order valence-electron chi connectivity index (χ1n) is 21.5. The summed E-state index contributed by atoms with van der Waals surface area (Å²) >= 11 is 0. The molecule has 5 fully saturated rings. The fourth-order valence-electron chi connectivity index (χ4n) is 11.7. The maximum Gasteiger partial charge on any atom is 0.308 e. The lowest BCUT2D eigenvalue weighted by Gasteiger charge is -2.54. The Hall–Kier alpha value is -0.970. The number of rotatable bonds is 14. The SMILES string of the molecule is CCC[C@](C)(OC[C@]1(C)C[C@@H](C)[C@]2(O[C@H]([C@H](C)[C@H]3O[C@@](O)(CC(=O)O)[C@H](C)[C@@H](OC)[C@@H]3C)C[C@@H](O)[C@@H]2C)O1)[C@@H]1O[C@@H]([C@]2(O)O[C@](C)([C@H](O)CC)C[C@H]2C)C[C@H]1C. The van der Waals surface area contributed by atoms with Crippen molar-refractivity contribution in [3.8, 4) is 0 Å². The Labute approximate surface area is 335 Å². The average molecular weight is 801 g/mol. The van der Waals surface area contributed by atoms with E-state index in [9.17, 15) is 30.3 Å². The molecule has 5 aliphatic rings. The maximum absolute atomic E-state index is 12.0. The summed E-state index contributed by atoms with van der Waals surface area (Å²) in [6.07, 6.45) is -0.437. The van der Waals surface area contributed by atoms with Crippen molar-refractivity contribution in [1.29, 1.82) is 0 Å². The van der Waals surface area contributed by atoms with E-state index in [4.69, 9.17) is 33.2 Å². The molecule has 56 heavy (non-hydrogen) atoms. The van der Waals surface area contributed by atoms with Gasteiger partial charge in [-0.05, 0) is 58.8 Å². The molecule has 5 N–H and O–H groups in total. The number of aliphatic hydroxyl groups excluding tert-OH is 2. The molecule has 0 amide bonds. The first kappa shape index (κ1) is 46.1. The summed E-state index contributed by atoms with van der Waals surface area (Å²) in [7, 11) is 1.56. The molecule has 13 nitrogen and oxygen atoms in total. The second-order valence-corrected chi connectivity index (χ2v) is 19.6. The van der Waals surface area contributed by atoms with Crippen LogP contribution in [0.1, 0.15) is 134 Å². The van der Waals surface area contributed by atoms with Crippen LogP contribution in [0.15, 0.2) is 0 Å². The number of aliphatic hydroxyl groups is 4. The number of hydrogen-bond donors (Lipinski definition) is 5. The Morgan fingerprint density at radius 1 is 0.964 bits per heavy atom. The van der Waals surface area contributed by atoms with Gasteiger partial charge in [0.05, 0.1) is 66.5 Å². The molecule has 0 unspecified atom stereocenters. The highest BCUT2D eigenvalue weighted by Gasteiger charge is 2.64. The first-order valence-corrected chi connectivity index (χ1v) is 21.5. The molecule has 20 atom stereocenters. The Kier molecular flexibility index (Phi) is 13.6. The zero-order valence-corrected chi connectivity index (χ0v) is 36.4. The molecule has 326 valence electrons. The van der Waals surface area contributed by atoms with Crippen LogP contribution in [-0.2, 0) is 38.0 Å². The summed E-state index contributed by atoms with van der Waals surface area (Å²) < 4.78 is 46.3. The van der Waals surface area contributed by atoms with Gasteiger partial charge in [0.25, 0.3) is 0 Å². The summed E-state index contributed by atoms with van der Waals surface area (Å²) in [6.45, 7) is 24.1. The van der Waals surface area contributed by atoms with Crippen LogP contribution in [0.2, 0.25) is 0 Å². The van der Waals surface area contributed by atoms with Gasteiger partial charge in [0.1, 0.15) is 6.10 Å². The van der Waals surface area contributed by atoms with Crippen LogP contribution in [0.3, 0.4) is 0 Å². The van der Waals surface area contributed by atoms with Crippen LogP contribution in [0.5, 0.6) is 0 Å². The fraction of sp³-hybridized carbons (Fsp3) is 0.977. The van der Waals surface area contributed by atoms with Crippen molar-refractivity contribution < 1.29 is 63.5 Å². The number of carbonyl (C=O) groups is 1. The number of carboxylic acid groups (broad SMARTS) is 1. The molecule has 0 aromatic heterocycles. The second kappa shape index (κ2) is 16.5. The van der Waals surface area contributed by atoms with Crippen molar-refractivity contribution in [2.45, 2.75) is 211 Å². The topological polar surface area (TPSA) is 183 Å². The van der Waals surface area contributed by atoms with Crippen molar-refractivity contribution in [1.82, 2.24) is 0 Å². The third kappa shape index (κ3) is 8.11. The highest BCUT2D eigenvalue weighted by Crippen LogP contribution is 2.55. The Morgan fingerprint density at radius 2 is 1.62 bits per heavy atom. The molecule has 5 aliphatic heterocycles. The molecular formula is C43H76O13. The minimum atomic E-state index is -1.94. The molecule has 0 radical (unpaired) electrons. The number of ether oxygens (including phenoxy) is 7. The first-order chi connectivity index (χ1) is 25.9. The van der Waals surface area contributed by atoms with Gasteiger partial charge >= 0.3 is 5.97 Å². The lowest BCUT2D eigenvalue weighted by atomic mass is 9.73. The average Bonchev–Trinajstić information content (AvgIpc) is 3.72. The predicted octanol–water partition coefficient (Wildman–Crippen LogP) is 5.41. The largest absolute Gasteiger partial charge is 0.481 e. The van der Waals surface area contributed by atoms with Crippen LogP contribution in [0.4, 0.5) is 0 Å². The van der Waals surface area contributed by atoms with Crippen molar-refractivity contribution in [2.75, 3.05) is 13.7 Å². The molecule has 0 aliphatic carbocycles. The summed E-state index contributed by atoms with van der Waals surface area (Å²) in [5, 5.41) is 55.5. The van der Waals surface area contributed by atoms with E-state index in [1.54, 1.807) is 14.0 Å². The van der Waals surface area contributed by atoms with E-state index in [1.807, 2.05) is 48.5 Å². The van der Waals surface area contributed by atoms with E-state index in [2.05, 4.69) is 27.7 Å². The fourth-order valence-corrected chi connectivity index (χ4v) is 11.7. The van der Waals surface area contributed by atoms with E-state index in [-0.39, 0.29) is 48.2 Å². The lowest BCUT2D eigenvalue weighted by Crippen LogP contribution is -2.63. The monoisotopic (exact) mass is 801 g/mol. The van der Waals surface area contributed by atoms with Crippen molar-refractivity contribution in [2.24, 2.45) is 41.4 Å². The van der Waals surface area contributed by atoms with Crippen LogP contribution >= 0.6 is 0 Å². The molecule has 1 spiro atoms. The van der Waals surface area contributed by atoms with Gasteiger partial charge in [-0.3, -0.25) is 4.79 Å². The molecule has 5 saturated heterocycles. The van der Waals surface area contributed by atoms with Gasteiger partial charge in [-0.15, -0.1) is 0 Å². The van der Waals surface area contributed by atoms with Crippen LogP contribution < -0.4 is 0 Å². The molecule has 0 aromatic carbocycles. The number of carboxylic acids is 1. The van der Waals surface area contributed by atoms with Crippen molar-refractivity contribution >= 4 is 5.97 Å². The predicted molar refractivity (Wildman–Crippen MR) is 207 cm³/mol. The van der Waals surface area contributed by atoms with Crippen LogP contribution in [0, 0.1) is 41.4 Å². The summed E-state index contributed by atoms with van der Waals surface area (Å²) in [6, 6.07) is 0. The van der Waals surface area contributed by atoms with E-state index in [0.29, 0.717) is 38.5 Å². The standard InChI is InChI=1S/C43H76O13/c1-14-16-39(11,37-23(3)17-33(52-37)42(49)24(4)20-40(12,56-42)32(45)15-2)51-22-38(10)19-25(5)43(55-38)28(8)30(44)18-31(53-43)26(6)35-27(7)36(50-13)29(9)41(48,54-35)21-34(46)47/h23-33,35-37,44-45,48-49H,14-22H2,1-13H3,(H,46,47)/t23-,24-,25-,26+,27-,28+,29-,30-,31+,32-,33-,35-,36+,37-,38+,39+,40+,41+,42-,43+/m1/s1. The highest BCUT2D eigenvalue weighted by molar-refractivity contribution is 5.68. The molecule has 0 bridgehead atoms. The Morgan fingerprint density at radius 3 is 2.21 bits per heavy atom. The summed E-state index contributed by atoms with van der Waals surface area (Å²) in [5.41, 5.74) is -2.36. The minimum absolute atomic E-state index is 0.0548. The van der Waals surface area contributed by atoms with Gasteiger partial charge in [0.15, 0.2) is 17.4 Å². The smallest absolute Gasteiger partial charge is 0.308 e. The van der Waals surface area contributed by atoms with Gasteiger partial charge in [-0.2, -0.15) is 0 Å². The molecular weight excluding hydrogens is 724 g/mol. The van der Waals surface area contributed by atoms with E-state index in [1.165, 1.54) is 0 Å². The van der Waals surface area contributed by atoms with Gasteiger partial charge in [0.2, 0.25) is 0 Å². The van der Waals surface area contributed by atoms with Crippen LogP contribution in [0.25, 0.3) is 0 Å². The normalized spacial score (nSPS) is 50.6. The summed E-state index contributed by atoms with van der Waals surface area (Å²) in [4.78, 5) is 11.8. The van der Waals surface area contributed by atoms with Gasteiger partial charge in [-0.25, -0.2) is 0 Å². The molecule has 13 heteroatoms. The lowest BCUT2D eigenvalue weighted by molar-refractivity contribution is -0.367. The molecule has 5 heterocycles. The zero-order chi connectivity index (χ0) is 42.0. The van der Waals surface area contributed by atoms with Gasteiger partial charge < -0.3 is 58.7 Å². The molecule has 0 saturated carbocycles. The number of aliphatic carboxylic acids is 1. The second-order valence-electron chi connectivity index (χ2n) is 19.6. The van der Waals surface area contributed by atoms with E-state index >= 15 is 0 Å².